The molecule has 0 radical (unpaired) electrons. The van der Waals surface area contributed by atoms with Gasteiger partial charge in [-0.3, -0.25) is 9.88 Å². The molecule has 1 aliphatic heterocycles. The molecule has 19 heavy (non-hydrogen) atoms. The molecule has 0 unspecified atom stereocenters. The monoisotopic (exact) mass is 281 g/mol. The minimum atomic E-state index is 0.431. The fourth-order valence-corrected chi connectivity index (χ4v) is 2.92. The average molecular weight is 282 g/mol. The van der Waals surface area contributed by atoms with Crippen molar-refractivity contribution in [2.45, 2.75) is 32.7 Å². The number of rotatable bonds is 5. The Balaban J connectivity index is 2.15. The van der Waals surface area contributed by atoms with Gasteiger partial charge in [0.05, 0.1) is 5.02 Å². The highest BCUT2D eigenvalue weighted by Crippen LogP contribution is 2.31. The molecule has 1 N–H and O–H groups in total. The first kappa shape index (κ1) is 14.8. The van der Waals surface area contributed by atoms with Gasteiger partial charge in [-0.25, -0.2) is 0 Å². The van der Waals surface area contributed by atoms with E-state index in [2.05, 4.69) is 35.1 Å². The third kappa shape index (κ3) is 4.16. The van der Waals surface area contributed by atoms with Gasteiger partial charge in [0, 0.05) is 44.6 Å². The Labute approximate surface area is 121 Å². The Hall–Kier alpha value is -0.640. The largest absolute Gasteiger partial charge is 0.314 e. The molecule has 1 saturated heterocycles. The van der Waals surface area contributed by atoms with Crippen molar-refractivity contribution in [3.63, 3.8) is 0 Å². The van der Waals surface area contributed by atoms with E-state index in [1.54, 1.807) is 6.20 Å². The van der Waals surface area contributed by atoms with E-state index in [9.17, 15) is 0 Å². The van der Waals surface area contributed by atoms with Crippen molar-refractivity contribution in [1.29, 1.82) is 0 Å². The molecule has 2 rings (SSSR count). The Morgan fingerprint density at radius 1 is 1.32 bits per heavy atom. The second-order valence-electron chi connectivity index (χ2n) is 5.67. The SMILES string of the molecule is CC(C)CC[C@H](c1ccncc1Cl)N1CCNCC1. The topological polar surface area (TPSA) is 28.2 Å². The lowest BCUT2D eigenvalue weighted by molar-refractivity contribution is 0.160. The first-order valence-electron chi connectivity index (χ1n) is 7.22. The number of halogens is 1. The summed E-state index contributed by atoms with van der Waals surface area (Å²) in [7, 11) is 0. The van der Waals surface area contributed by atoms with E-state index in [1.807, 2.05) is 6.20 Å². The molecule has 1 aromatic rings. The zero-order chi connectivity index (χ0) is 13.7. The van der Waals surface area contributed by atoms with Gasteiger partial charge < -0.3 is 5.32 Å². The highest BCUT2D eigenvalue weighted by molar-refractivity contribution is 6.31. The lowest BCUT2D eigenvalue weighted by atomic mass is 9.96. The number of pyridine rings is 1. The van der Waals surface area contributed by atoms with Gasteiger partial charge in [0.25, 0.3) is 0 Å². The van der Waals surface area contributed by atoms with Crippen LogP contribution in [0, 0.1) is 5.92 Å². The molecule has 0 aliphatic carbocycles. The van der Waals surface area contributed by atoms with Gasteiger partial charge in [-0.15, -0.1) is 0 Å². The molecule has 0 saturated carbocycles. The summed E-state index contributed by atoms with van der Waals surface area (Å²) in [5.74, 6) is 0.728. The van der Waals surface area contributed by atoms with E-state index in [0.717, 1.165) is 37.1 Å². The van der Waals surface area contributed by atoms with Gasteiger partial charge in [0.15, 0.2) is 0 Å². The predicted octanol–water partition coefficient (Wildman–Crippen LogP) is 3.12. The van der Waals surface area contributed by atoms with Crippen molar-refractivity contribution in [3.8, 4) is 0 Å². The highest BCUT2D eigenvalue weighted by atomic mass is 35.5. The maximum Gasteiger partial charge on any atom is 0.0637 e. The van der Waals surface area contributed by atoms with Crippen LogP contribution in [0.4, 0.5) is 0 Å². The zero-order valence-electron chi connectivity index (χ0n) is 11.9. The summed E-state index contributed by atoms with van der Waals surface area (Å²) in [6.07, 6.45) is 6.02. The second-order valence-corrected chi connectivity index (χ2v) is 6.08. The van der Waals surface area contributed by atoms with Gasteiger partial charge in [0.2, 0.25) is 0 Å². The Morgan fingerprint density at radius 3 is 2.68 bits per heavy atom. The first-order chi connectivity index (χ1) is 9.18. The van der Waals surface area contributed by atoms with E-state index in [0.29, 0.717) is 6.04 Å². The quantitative estimate of drug-likeness (QED) is 0.899. The summed E-state index contributed by atoms with van der Waals surface area (Å²) in [6, 6.07) is 2.51. The first-order valence-corrected chi connectivity index (χ1v) is 7.60. The second kappa shape index (κ2) is 7.22. The van der Waals surface area contributed by atoms with Gasteiger partial charge in [-0.1, -0.05) is 25.4 Å². The summed E-state index contributed by atoms with van der Waals surface area (Å²) in [4.78, 5) is 6.66. The summed E-state index contributed by atoms with van der Waals surface area (Å²) in [5.41, 5.74) is 1.24. The molecule has 106 valence electrons. The zero-order valence-corrected chi connectivity index (χ0v) is 12.7. The average Bonchev–Trinajstić information content (AvgIpc) is 2.42. The molecule has 0 bridgehead atoms. The van der Waals surface area contributed by atoms with Gasteiger partial charge in [-0.05, 0) is 30.4 Å². The van der Waals surface area contributed by atoms with Crippen molar-refractivity contribution < 1.29 is 0 Å². The normalized spacial score (nSPS) is 18.7. The van der Waals surface area contributed by atoms with Crippen molar-refractivity contribution >= 4 is 11.6 Å². The standard InChI is InChI=1S/C15H24ClN3/c1-12(2)3-4-15(19-9-7-17-8-10-19)13-5-6-18-11-14(13)16/h5-6,11-12,15,17H,3-4,7-10H2,1-2H3/t15-/m1/s1. The van der Waals surface area contributed by atoms with Crippen LogP contribution in [0.1, 0.15) is 38.3 Å². The molecule has 0 amide bonds. The lowest BCUT2D eigenvalue weighted by Gasteiger charge is -2.36. The summed E-state index contributed by atoms with van der Waals surface area (Å²) in [6.45, 7) is 8.90. The molecule has 3 nitrogen and oxygen atoms in total. The third-order valence-electron chi connectivity index (χ3n) is 3.77. The molecule has 2 heterocycles. The van der Waals surface area contributed by atoms with Crippen LogP contribution in [-0.4, -0.2) is 36.1 Å². The highest BCUT2D eigenvalue weighted by Gasteiger charge is 2.23. The smallest absolute Gasteiger partial charge is 0.0637 e. The van der Waals surface area contributed by atoms with Gasteiger partial charge in [0.1, 0.15) is 0 Å². The molecule has 1 atom stereocenters. The van der Waals surface area contributed by atoms with Crippen LogP contribution < -0.4 is 5.32 Å². The predicted molar refractivity (Wildman–Crippen MR) is 80.5 cm³/mol. The van der Waals surface area contributed by atoms with Crippen LogP contribution in [0.5, 0.6) is 0 Å². The van der Waals surface area contributed by atoms with E-state index >= 15 is 0 Å². The molecule has 4 heteroatoms. The van der Waals surface area contributed by atoms with Crippen LogP contribution in [0.2, 0.25) is 5.02 Å². The maximum atomic E-state index is 6.35. The fraction of sp³-hybridized carbons (Fsp3) is 0.667. The van der Waals surface area contributed by atoms with E-state index in [4.69, 9.17) is 11.6 Å². The van der Waals surface area contributed by atoms with Crippen LogP contribution in [0.25, 0.3) is 0 Å². The minimum Gasteiger partial charge on any atom is -0.314 e. The number of hydrogen-bond donors (Lipinski definition) is 1. The fourth-order valence-electron chi connectivity index (χ4n) is 2.68. The molecule has 1 fully saturated rings. The van der Waals surface area contributed by atoms with Crippen LogP contribution >= 0.6 is 11.6 Å². The molecule has 1 aromatic heterocycles. The molecular weight excluding hydrogens is 258 g/mol. The van der Waals surface area contributed by atoms with E-state index < -0.39 is 0 Å². The van der Waals surface area contributed by atoms with Gasteiger partial charge >= 0.3 is 0 Å². The Kier molecular flexibility index (Phi) is 5.61. The maximum absolute atomic E-state index is 6.35. The van der Waals surface area contributed by atoms with Crippen molar-refractivity contribution in [2.75, 3.05) is 26.2 Å². The van der Waals surface area contributed by atoms with Crippen LogP contribution in [0.3, 0.4) is 0 Å². The molecule has 0 aromatic carbocycles. The minimum absolute atomic E-state index is 0.431. The number of piperazine rings is 1. The Bertz CT molecular complexity index is 389. The molecular formula is C15H24ClN3. The number of hydrogen-bond acceptors (Lipinski definition) is 3. The number of aromatic nitrogens is 1. The number of nitrogens with zero attached hydrogens (tertiary/aromatic N) is 2. The summed E-state index contributed by atoms with van der Waals surface area (Å²) < 4.78 is 0. The van der Waals surface area contributed by atoms with Crippen LogP contribution in [0.15, 0.2) is 18.5 Å². The lowest BCUT2D eigenvalue weighted by Crippen LogP contribution is -2.45. The number of nitrogens with one attached hydrogen (secondary N) is 1. The van der Waals surface area contributed by atoms with Crippen molar-refractivity contribution in [2.24, 2.45) is 5.92 Å². The summed E-state index contributed by atoms with van der Waals surface area (Å²) in [5, 5.41) is 4.21. The molecule has 1 aliphatic rings. The van der Waals surface area contributed by atoms with Crippen LogP contribution in [-0.2, 0) is 0 Å². The van der Waals surface area contributed by atoms with E-state index in [-0.39, 0.29) is 0 Å². The summed E-state index contributed by atoms with van der Waals surface area (Å²) >= 11 is 6.35. The van der Waals surface area contributed by atoms with E-state index in [1.165, 1.54) is 18.4 Å². The van der Waals surface area contributed by atoms with Crippen molar-refractivity contribution in [3.05, 3.63) is 29.0 Å². The molecule has 0 spiro atoms. The Morgan fingerprint density at radius 2 is 2.05 bits per heavy atom. The van der Waals surface area contributed by atoms with Gasteiger partial charge in [-0.2, -0.15) is 0 Å². The third-order valence-corrected chi connectivity index (χ3v) is 4.09. The van der Waals surface area contributed by atoms with Crippen molar-refractivity contribution in [1.82, 2.24) is 15.2 Å².